The largest absolute Gasteiger partial charge is 0.381 e. The van der Waals surface area contributed by atoms with Crippen LogP contribution in [0.4, 0.5) is 0 Å². The standard InChI is InChI=1S/C13H28N2O/c1-3-14-8-4-5-9-15(2)12-13-6-10-16-11-7-13/h13-14H,3-12H2,1-2H3. The number of ether oxygens (including phenoxy) is 1. The Morgan fingerprint density at radius 2 is 2.00 bits per heavy atom. The van der Waals surface area contributed by atoms with Crippen molar-refractivity contribution in [3.63, 3.8) is 0 Å². The molecule has 0 spiro atoms. The van der Waals surface area contributed by atoms with Crippen LogP contribution in [0.25, 0.3) is 0 Å². The van der Waals surface area contributed by atoms with Gasteiger partial charge in [-0.2, -0.15) is 0 Å². The molecule has 0 radical (unpaired) electrons. The van der Waals surface area contributed by atoms with E-state index in [1.165, 1.54) is 45.3 Å². The zero-order chi connectivity index (χ0) is 11.6. The van der Waals surface area contributed by atoms with E-state index >= 15 is 0 Å². The van der Waals surface area contributed by atoms with Crippen molar-refractivity contribution in [3.05, 3.63) is 0 Å². The van der Waals surface area contributed by atoms with E-state index in [-0.39, 0.29) is 0 Å². The molecule has 1 rings (SSSR count). The summed E-state index contributed by atoms with van der Waals surface area (Å²) < 4.78 is 5.38. The van der Waals surface area contributed by atoms with Crippen LogP contribution in [0.1, 0.15) is 32.6 Å². The SMILES string of the molecule is CCNCCCCN(C)CC1CCOCC1. The molecular weight excluding hydrogens is 200 g/mol. The van der Waals surface area contributed by atoms with E-state index in [9.17, 15) is 0 Å². The van der Waals surface area contributed by atoms with Gasteiger partial charge in [0.2, 0.25) is 0 Å². The molecular formula is C13H28N2O. The predicted octanol–water partition coefficient (Wildman–Crippen LogP) is 1.73. The fraction of sp³-hybridized carbons (Fsp3) is 1.00. The summed E-state index contributed by atoms with van der Waals surface area (Å²) in [5, 5.41) is 3.37. The molecule has 3 nitrogen and oxygen atoms in total. The van der Waals surface area contributed by atoms with Crippen molar-refractivity contribution >= 4 is 0 Å². The fourth-order valence-corrected chi connectivity index (χ4v) is 2.27. The van der Waals surface area contributed by atoms with Crippen LogP contribution in [0.5, 0.6) is 0 Å². The number of hydrogen-bond acceptors (Lipinski definition) is 3. The van der Waals surface area contributed by atoms with Crippen LogP contribution in [0.2, 0.25) is 0 Å². The molecule has 0 atom stereocenters. The van der Waals surface area contributed by atoms with E-state index in [2.05, 4.69) is 24.2 Å². The minimum atomic E-state index is 0.868. The summed E-state index contributed by atoms with van der Waals surface area (Å²) >= 11 is 0. The van der Waals surface area contributed by atoms with Crippen molar-refractivity contribution in [1.29, 1.82) is 0 Å². The number of nitrogens with zero attached hydrogens (tertiary/aromatic N) is 1. The van der Waals surface area contributed by atoms with Gasteiger partial charge in [-0.25, -0.2) is 0 Å². The monoisotopic (exact) mass is 228 g/mol. The zero-order valence-corrected chi connectivity index (χ0v) is 11.0. The molecule has 1 N–H and O–H groups in total. The molecule has 1 heterocycles. The lowest BCUT2D eigenvalue weighted by molar-refractivity contribution is 0.0556. The van der Waals surface area contributed by atoms with Gasteiger partial charge in [0.05, 0.1) is 0 Å². The Morgan fingerprint density at radius 1 is 1.25 bits per heavy atom. The summed E-state index contributed by atoms with van der Waals surface area (Å²) in [6, 6.07) is 0. The van der Waals surface area contributed by atoms with Crippen LogP contribution in [-0.2, 0) is 4.74 Å². The van der Waals surface area contributed by atoms with Crippen LogP contribution >= 0.6 is 0 Å². The third kappa shape index (κ3) is 6.46. The molecule has 1 saturated heterocycles. The van der Waals surface area contributed by atoms with Gasteiger partial charge in [-0.05, 0) is 58.3 Å². The molecule has 0 aromatic carbocycles. The Kier molecular flexibility index (Phi) is 7.81. The molecule has 0 amide bonds. The van der Waals surface area contributed by atoms with Crippen molar-refractivity contribution < 1.29 is 4.74 Å². The van der Waals surface area contributed by atoms with Crippen LogP contribution in [0.3, 0.4) is 0 Å². The third-order valence-corrected chi connectivity index (χ3v) is 3.30. The van der Waals surface area contributed by atoms with Gasteiger partial charge in [0, 0.05) is 19.8 Å². The maximum atomic E-state index is 5.38. The quantitative estimate of drug-likeness (QED) is 0.640. The Hall–Kier alpha value is -0.120. The Labute approximate surface area is 101 Å². The van der Waals surface area contributed by atoms with Crippen LogP contribution in [-0.4, -0.2) is 51.3 Å². The van der Waals surface area contributed by atoms with E-state index in [1.807, 2.05) is 0 Å². The molecule has 96 valence electrons. The summed E-state index contributed by atoms with van der Waals surface area (Å²) in [6.45, 7) is 8.86. The van der Waals surface area contributed by atoms with Crippen LogP contribution < -0.4 is 5.32 Å². The van der Waals surface area contributed by atoms with E-state index in [4.69, 9.17) is 4.74 Å². The van der Waals surface area contributed by atoms with E-state index in [1.54, 1.807) is 0 Å². The average Bonchev–Trinajstić information content (AvgIpc) is 2.30. The number of unbranched alkanes of at least 4 members (excludes halogenated alkanes) is 1. The molecule has 1 aliphatic rings. The van der Waals surface area contributed by atoms with Gasteiger partial charge in [0.25, 0.3) is 0 Å². The number of rotatable bonds is 8. The van der Waals surface area contributed by atoms with E-state index in [0.29, 0.717) is 0 Å². The van der Waals surface area contributed by atoms with Crippen molar-refractivity contribution in [2.75, 3.05) is 46.4 Å². The van der Waals surface area contributed by atoms with Crippen molar-refractivity contribution in [1.82, 2.24) is 10.2 Å². The molecule has 0 aromatic rings. The second kappa shape index (κ2) is 8.97. The Bertz CT molecular complexity index is 158. The summed E-state index contributed by atoms with van der Waals surface area (Å²) in [5.41, 5.74) is 0. The first-order valence-corrected chi connectivity index (χ1v) is 6.80. The third-order valence-electron chi connectivity index (χ3n) is 3.30. The second-order valence-electron chi connectivity index (χ2n) is 4.88. The van der Waals surface area contributed by atoms with Crippen LogP contribution in [0.15, 0.2) is 0 Å². The average molecular weight is 228 g/mol. The first-order chi connectivity index (χ1) is 7.83. The molecule has 1 aliphatic heterocycles. The highest BCUT2D eigenvalue weighted by Gasteiger charge is 2.15. The van der Waals surface area contributed by atoms with E-state index in [0.717, 1.165) is 25.7 Å². The lowest BCUT2D eigenvalue weighted by atomic mass is 10.00. The lowest BCUT2D eigenvalue weighted by Gasteiger charge is -2.27. The van der Waals surface area contributed by atoms with Gasteiger partial charge in [0.15, 0.2) is 0 Å². The molecule has 0 unspecified atom stereocenters. The highest BCUT2D eigenvalue weighted by Crippen LogP contribution is 2.15. The summed E-state index contributed by atoms with van der Waals surface area (Å²) in [7, 11) is 2.25. The summed E-state index contributed by atoms with van der Waals surface area (Å²) in [5.74, 6) is 0.868. The van der Waals surface area contributed by atoms with E-state index < -0.39 is 0 Å². The topological polar surface area (TPSA) is 24.5 Å². The van der Waals surface area contributed by atoms with Crippen molar-refractivity contribution in [3.8, 4) is 0 Å². The maximum Gasteiger partial charge on any atom is 0.0469 e. The van der Waals surface area contributed by atoms with Gasteiger partial charge in [-0.3, -0.25) is 0 Å². The highest BCUT2D eigenvalue weighted by atomic mass is 16.5. The Morgan fingerprint density at radius 3 is 2.69 bits per heavy atom. The van der Waals surface area contributed by atoms with Crippen molar-refractivity contribution in [2.45, 2.75) is 32.6 Å². The maximum absolute atomic E-state index is 5.38. The molecule has 0 saturated carbocycles. The smallest absolute Gasteiger partial charge is 0.0469 e. The molecule has 1 fully saturated rings. The predicted molar refractivity (Wildman–Crippen MR) is 68.8 cm³/mol. The second-order valence-corrected chi connectivity index (χ2v) is 4.88. The number of nitrogens with one attached hydrogen (secondary N) is 1. The molecule has 0 aliphatic carbocycles. The molecule has 3 heteroatoms. The minimum absolute atomic E-state index is 0.868. The zero-order valence-electron chi connectivity index (χ0n) is 11.0. The molecule has 0 aromatic heterocycles. The summed E-state index contributed by atoms with van der Waals surface area (Å²) in [6.07, 6.45) is 5.11. The van der Waals surface area contributed by atoms with Gasteiger partial charge in [0.1, 0.15) is 0 Å². The minimum Gasteiger partial charge on any atom is -0.381 e. The Balaban J connectivity index is 1.95. The fourth-order valence-electron chi connectivity index (χ4n) is 2.27. The first kappa shape index (κ1) is 13.9. The van der Waals surface area contributed by atoms with Gasteiger partial charge >= 0.3 is 0 Å². The van der Waals surface area contributed by atoms with Gasteiger partial charge < -0.3 is 15.0 Å². The number of hydrogen-bond donors (Lipinski definition) is 1. The first-order valence-electron chi connectivity index (χ1n) is 6.80. The summed E-state index contributed by atoms with van der Waals surface area (Å²) in [4.78, 5) is 2.49. The van der Waals surface area contributed by atoms with Crippen LogP contribution in [0, 0.1) is 5.92 Å². The van der Waals surface area contributed by atoms with Crippen molar-refractivity contribution in [2.24, 2.45) is 5.92 Å². The van der Waals surface area contributed by atoms with Gasteiger partial charge in [-0.1, -0.05) is 6.92 Å². The normalized spacial score (nSPS) is 18.2. The molecule has 0 bridgehead atoms. The highest BCUT2D eigenvalue weighted by molar-refractivity contribution is 4.67. The molecule has 16 heavy (non-hydrogen) atoms. The van der Waals surface area contributed by atoms with Gasteiger partial charge in [-0.15, -0.1) is 0 Å². The lowest BCUT2D eigenvalue weighted by Crippen LogP contribution is -2.30.